The summed E-state index contributed by atoms with van der Waals surface area (Å²) in [7, 11) is 0. The fourth-order valence-electron chi connectivity index (χ4n) is 3.23. The summed E-state index contributed by atoms with van der Waals surface area (Å²) >= 11 is 0. The van der Waals surface area contributed by atoms with Gasteiger partial charge < -0.3 is 20.1 Å². The van der Waals surface area contributed by atoms with E-state index in [0.717, 1.165) is 12.4 Å². The van der Waals surface area contributed by atoms with Crippen molar-refractivity contribution in [3.05, 3.63) is 11.8 Å². The van der Waals surface area contributed by atoms with Crippen molar-refractivity contribution in [1.82, 2.24) is 15.1 Å². The molecule has 1 saturated heterocycles. The molecule has 1 unspecified atom stereocenters. The van der Waals surface area contributed by atoms with Crippen LogP contribution in [0.5, 0.6) is 0 Å². The Labute approximate surface area is 130 Å². The third-order valence-corrected chi connectivity index (χ3v) is 4.92. The van der Waals surface area contributed by atoms with E-state index in [1.54, 1.807) is 4.68 Å². The van der Waals surface area contributed by atoms with Gasteiger partial charge in [-0.3, -0.25) is 4.79 Å². The van der Waals surface area contributed by atoms with Crippen LogP contribution in [0.4, 0.5) is 5.82 Å². The van der Waals surface area contributed by atoms with Crippen LogP contribution >= 0.6 is 0 Å². The number of aliphatic hydroxyl groups excluding tert-OH is 1. The zero-order valence-corrected chi connectivity index (χ0v) is 13.4. The van der Waals surface area contributed by atoms with Crippen molar-refractivity contribution in [2.45, 2.75) is 32.4 Å². The molecule has 0 bridgehead atoms. The molecule has 2 N–H and O–H groups in total. The molecule has 0 aromatic carbocycles. The number of hydrogen-bond donors (Lipinski definition) is 2. The van der Waals surface area contributed by atoms with Gasteiger partial charge in [0.05, 0.1) is 25.9 Å². The lowest BCUT2D eigenvalue weighted by Crippen LogP contribution is -2.57. The average molecular weight is 308 g/mol. The van der Waals surface area contributed by atoms with Crippen molar-refractivity contribution >= 4 is 11.7 Å². The second-order valence-electron chi connectivity index (χ2n) is 6.52. The highest BCUT2D eigenvalue weighted by atomic mass is 16.5. The van der Waals surface area contributed by atoms with E-state index in [4.69, 9.17) is 4.74 Å². The number of fused-ring (bicyclic) bond motifs is 1. The number of anilines is 1. The fraction of sp³-hybridized carbons (Fsp3) is 0.733. The molecule has 1 aromatic rings. The molecule has 3 rings (SSSR count). The van der Waals surface area contributed by atoms with E-state index in [1.165, 1.54) is 0 Å². The summed E-state index contributed by atoms with van der Waals surface area (Å²) in [5.74, 6) is 0.789. The molecule has 2 aliphatic heterocycles. The molecule has 1 aromatic heterocycles. The van der Waals surface area contributed by atoms with Crippen LogP contribution in [0.1, 0.15) is 31.3 Å². The normalized spacial score (nSPS) is 28.7. The standard InChI is InChI=1S/C15H24N4O3/c1-10(2)15(9-20)8-16-14(21)12-6-13(17-19(12)15)18-4-5-22-7-11(18)3/h6,10-11,20H,4-5,7-9H2,1-3H3,(H,16,21)/t11-,15?/m1/s1. The third kappa shape index (κ3) is 2.19. The highest BCUT2D eigenvalue weighted by molar-refractivity contribution is 5.94. The van der Waals surface area contributed by atoms with Crippen LogP contribution in [-0.4, -0.2) is 59.7 Å². The van der Waals surface area contributed by atoms with Gasteiger partial charge in [0, 0.05) is 19.2 Å². The lowest BCUT2D eigenvalue weighted by atomic mass is 9.85. The van der Waals surface area contributed by atoms with Gasteiger partial charge in [-0.2, -0.15) is 5.10 Å². The molecule has 7 heteroatoms. The molecule has 3 heterocycles. The number of morpholine rings is 1. The van der Waals surface area contributed by atoms with Crippen LogP contribution < -0.4 is 10.2 Å². The molecule has 0 spiro atoms. The summed E-state index contributed by atoms with van der Waals surface area (Å²) in [5, 5.41) is 17.5. The first-order valence-corrected chi connectivity index (χ1v) is 7.83. The molecule has 2 atom stereocenters. The SMILES string of the molecule is CC(C)C1(CO)CNC(=O)c2cc(N3CCOC[C@H]3C)nn21. The minimum Gasteiger partial charge on any atom is -0.394 e. The Kier molecular flexibility index (Phi) is 3.86. The molecule has 22 heavy (non-hydrogen) atoms. The fourth-order valence-corrected chi connectivity index (χ4v) is 3.23. The smallest absolute Gasteiger partial charge is 0.269 e. The maximum Gasteiger partial charge on any atom is 0.269 e. The van der Waals surface area contributed by atoms with Crippen molar-refractivity contribution in [3.8, 4) is 0 Å². The van der Waals surface area contributed by atoms with Gasteiger partial charge in [-0.05, 0) is 12.8 Å². The number of carbonyl (C=O) groups excluding carboxylic acids is 1. The van der Waals surface area contributed by atoms with Gasteiger partial charge in [0.15, 0.2) is 5.82 Å². The Morgan fingerprint density at radius 3 is 3.00 bits per heavy atom. The summed E-state index contributed by atoms with van der Waals surface area (Å²) in [6.45, 7) is 8.57. The number of nitrogens with zero attached hydrogens (tertiary/aromatic N) is 3. The van der Waals surface area contributed by atoms with E-state index >= 15 is 0 Å². The van der Waals surface area contributed by atoms with Gasteiger partial charge in [-0.15, -0.1) is 0 Å². The monoisotopic (exact) mass is 308 g/mol. The summed E-state index contributed by atoms with van der Waals surface area (Å²) in [5.41, 5.74) is -0.0699. The second kappa shape index (κ2) is 5.55. The van der Waals surface area contributed by atoms with Crippen LogP contribution in [0.2, 0.25) is 0 Å². The van der Waals surface area contributed by atoms with Crippen molar-refractivity contribution < 1.29 is 14.6 Å². The van der Waals surface area contributed by atoms with E-state index in [2.05, 4.69) is 22.2 Å². The van der Waals surface area contributed by atoms with E-state index in [-0.39, 0.29) is 24.5 Å². The number of rotatable bonds is 3. The van der Waals surface area contributed by atoms with Crippen LogP contribution in [0, 0.1) is 5.92 Å². The average Bonchev–Trinajstić information content (AvgIpc) is 2.94. The largest absolute Gasteiger partial charge is 0.394 e. The van der Waals surface area contributed by atoms with Gasteiger partial charge in [-0.25, -0.2) is 4.68 Å². The number of aromatic nitrogens is 2. The van der Waals surface area contributed by atoms with Crippen LogP contribution in [0.15, 0.2) is 6.07 Å². The number of carbonyl (C=O) groups is 1. The molecule has 0 saturated carbocycles. The van der Waals surface area contributed by atoms with Crippen molar-refractivity contribution in [2.24, 2.45) is 5.92 Å². The molecule has 122 valence electrons. The molecular weight excluding hydrogens is 284 g/mol. The number of nitrogens with one attached hydrogen (secondary N) is 1. The molecular formula is C15H24N4O3. The van der Waals surface area contributed by atoms with Gasteiger partial charge in [0.2, 0.25) is 0 Å². The molecule has 0 radical (unpaired) electrons. The van der Waals surface area contributed by atoms with E-state index in [9.17, 15) is 9.90 Å². The highest BCUT2D eigenvalue weighted by Gasteiger charge is 2.43. The van der Waals surface area contributed by atoms with E-state index in [0.29, 0.717) is 25.5 Å². The van der Waals surface area contributed by atoms with Crippen molar-refractivity contribution in [1.29, 1.82) is 0 Å². The summed E-state index contributed by atoms with van der Waals surface area (Å²) in [6, 6.07) is 2.04. The zero-order valence-electron chi connectivity index (χ0n) is 13.4. The molecule has 7 nitrogen and oxygen atoms in total. The summed E-state index contributed by atoms with van der Waals surface area (Å²) < 4.78 is 7.19. The molecule has 1 fully saturated rings. The lowest BCUT2D eigenvalue weighted by molar-refractivity contribution is 0.0501. The predicted molar refractivity (Wildman–Crippen MR) is 82.1 cm³/mol. The topological polar surface area (TPSA) is 79.6 Å². The molecule has 2 aliphatic rings. The van der Waals surface area contributed by atoms with Crippen LogP contribution in [0.3, 0.4) is 0 Å². The minimum atomic E-state index is -0.586. The zero-order chi connectivity index (χ0) is 15.9. The Morgan fingerprint density at radius 1 is 1.59 bits per heavy atom. The first kappa shape index (κ1) is 15.3. The quantitative estimate of drug-likeness (QED) is 0.833. The maximum absolute atomic E-state index is 12.2. The lowest BCUT2D eigenvalue weighted by Gasteiger charge is -2.40. The maximum atomic E-state index is 12.2. The van der Waals surface area contributed by atoms with Crippen LogP contribution in [0.25, 0.3) is 0 Å². The molecule has 0 aliphatic carbocycles. The summed E-state index contributed by atoms with van der Waals surface area (Å²) in [4.78, 5) is 14.3. The Bertz CT molecular complexity index is 571. The Balaban J connectivity index is 2.04. The van der Waals surface area contributed by atoms with Crippen LogP contribution in [-0.2, 0) is 10.3 Å². The van der Waals surface area contributed by atoms with Crippen molar-refractivity contribution in [2.75, 3.05) is 37.8 Å². The predicted octanol–water partition coefficient (Wildman–Crippen LogP) is 0.195. The van der Waals surface area contributed by atoms with Gasteiger partial charge in [0.1, 0.15) is 11.2 Å². The number of aliphatic hydroxyl groups is 1. The summed E-state index contributed by atoms with van der Waals surface area (Å²) in [6.07, 6.45) is 0. The minimum absolute atomic E-state index is 0.0578. The van der Waals surface area contributed by atoms with E-state index < -0.39 is 5.54 Å². The number of ether oxygens (including phenoxy) is 1. The number of hydrogen-bond acceptors (Lipinski definition) is 5. The molecule has 1 amide bonds. The van der Waals surface area contributed by atoms with Gasteiger partial charge in [-0.1, -0.05) is 13.8 Å². The Morgan fingerprint density at radius 2 is 2.36 bits per heavy atom. The van der Waals surface area contributed by atoms with Gasteiger partial charge >= 0.3 is 0 Å². The second-order valence-corrected chi connectivity index (χ2v) is 6.52. The van der Waals surface area contributed by atoms with Gasteiger partial charge in [0.25, 0.3) is 5.91 Å². The first-order valence-electron chi connectivity index (χ1n) is 7.83. The van der Waals surface area contributed by atoms with E-state index in [1.807, 2.05) is 19.9 Å². The highest BCUT2D eigenvalue weighted by Crippen LogP contribution is 2.32. The first-order chi connectivity index (χ1) is 10.5. The Hall–Kier alpha value is -1.60. The third-order valence-electron chi connectivity index (χ3n) is 4.92. The van der Waals surface area contributed by atoms with Crippen molar-refractivity contribution in [3.63, 3.8) is 0 Å². The number of amides is 1.